The van der Waals surface area contributed by atoms with Crippen LogP contribution in [-0.2, 0) is 9.84 Å². The van der Waals surface area contributed by atoms with Crippen LogP contribution in [0.1, 0.15) is 10.4 Å². The highest BCUT2D eigenvalue weighted by molar-refractivity contribution is 7.92. The summed E-state index contributed by atoms with van der Waals surface area (Å²) in [5.41, 5.74) is 1.22. The van der Waals surface area contributed by atoms with Crippen LogP contribution >= 0.6 is 0 Å². The number of hydrogen-bond acceptors (Lipinski definition) is 5. The summed E-state index contributed by atoms with van der Waals surface area (Å²) in [4.78, 5) is 21.1. The molecule has 2 aliphatic heterocycles. The normalized spacial score (nSPS) is 20.5. The van der Waals surface area contributed by atoms with E-state index >= 15 is 0 Å². The van der Waals surface area contributed by atoms with Crippen molar-refractivity contribution in [2.45, 2.75) is 0 Å². The highest BCUT2D eigenvalue weighted by atomic mass is 32.2. The van der Waals surface area contributed by atoms with E-state index in [1.807, 2.05) is 49.3 Å². The van der Waals surface area contributed by atoms with Gasteiger partial charge in [-0.15, -0.1) is 0 Å². The number of carbonyl (C=O) groups is 1. The molecule has 0 bridgehead atoms. The number of para-hydroxylation sites is 1. The second kappa shape index (κ2) is 4.92. The monoisotopic (exact) mass is 345 g/mol. The number of sulfone groups is 1. The Kier molecular flexibility index (Phi) is 3.16. The Morgan fingerprint density at radius 1 is 1.21 bits per heavy atom. The number of nitrogens with zero attached hydrogens (tertiary/aromatic N) is 3. The molecule has 1 aromatic carbocycles. The first-order valence-electron chi connectivity index (χ1n) is 7.86. The first kappa shape index (κ1) is 15.4. The van der Waals surface area contributed by atoms with Crippen molar-refractivity contribution in [3.63, 3.8) is 0 Å². The molecule has 0 atom stereocenters. The van der Waals surface area contributed by atoms with Crippen LogP contribution in [0, 0.1) is 5.41 Å². The maximum absolute atomic E-state index is 12.9. The van der Waals surface area contributed by atoms with Gasteiger partial charge in [0, 0.05) is 38.0 Å². The Morgan fingerprint density at radius 3 is 2.50 bits per heavy atom. The molecule has 6 nitrogen and oxygen atoms in total. The minimum atomic E-state index is -2.87. The summed E-state index contributed by atoms with van der Waals surface area (Å²) >= 11 is 0. The molecule has 1 spiro atoms. The average molecular weight is 345 g/mol. The molecule has 3 heterocycles. The second-order valence-corrected chi connectivity index (χ2v) is 9.20. The highest BCUT2D eigenvalue weighted by Crippen LogP contribution is 2.42. The summed E-state index contributed by atoms with van der Waals surface area (Å²) in [7, 11) is 0.913. The van der Waals surface area contributed by atoms with Crippen LogP contribution in [0.2, 0.25) is 0 Å². The number of amides is 1. The quantitative estimate of drug-likeness (QED) is 0.817. The van der Waals surface area contributed by atoms with Crippen molar-refractivity contribution in [1.29, 1.82) is 0 Å². The van der Waals surface area contributed by atoms with Crippen LogP contribution in [0.3, 0.4) is 0 Å². The number of hydrogen-bond donors (Lipinski definition) is 0. The van der Waals surface area contributed by atoms with Crippen LogP contribution < -0.4 is 4.90 Å². The Balaban J connectivity index is 1.65. The zero-order chi connectivity index (χ0) is 17.1. The van der Waals surface area contributed by atoms with Gasteiger partial charge in [0.05, 0.1) is 22.6 Å². The first-order valence-corrected chi connectivity index (χ1v) is 9.68. The van der Waals surface area contributed by atoms with Crippen LogP contribution in [0.25, 0.3) is 10.9 Å². The third-order valence-corrected chi connectivity index (χ3v) is 6.89. The lowest BCUT2D eigenvalue weighted by Gasteiger charge is -2.54. The van der Waals surface area contributed by atoms with Crippen molar-refractivity contribution < 1.29 is 13.2 Å². The molecule has 1 aromatic heterocycles. The van der Waals surface area contributed by atoms with E-state index in [4.69, 9.17) is 0 Å². The molecule has 4 rings (SSSR count). The molecule has 0 saturated carbocycles. The largest absolute Gasteiger partial charge is 0.363 e. The molecule has 0 aliphatic carbocycles. The number of fused-ring (bicyclic) bond motifs is 1. The van der Waals surface area contributed by atoms with Gasteiger partial charge >= 0.3 is 0 Å². The Morgan fingerprint density at radius 2 is 1.88 bits per heavy atom. The van der Waals surface area contributed by atoms with Gasteiger partial charge in [0.25, 0.3) is 5.91 Å². The van der Waals surface area contributed by atoms with Gasteiger partial charge in [0.1, 0.15) is 5.82 Å². The number of pyridine rings is 1. The number of anilines is 1. The number of carbonyl (C=O) groups excluding carboxylic acids is 1. The highest BCUT2D eigenvalue weighted by Gasteiger charge is 2.57. The van der Waals surface area contributed by atoms with Crippen LogP contribution in [0.4, 0.5) is 5.82 Å². The van der Waals surface area contributed by atoms with E-state index in [0.717, 1.165) is 16.7 Å². The van der Waals surface area contributed by atoms with E-state index in [2.05, 4.69) is 4.98 Å². The molecule has 2 saturated heterocycles. The molecule has 0 N–H and O–H groups in total. The van der Waals surface area contributed by atoms with E-state index in [0.29, 0.717) is 18.7 Å². The predicted molar refractivity (Wildman–Crippen MR) is 93.1 cm³/mol. The third-order valence-electron chi connectivity index (χ3n) is 4.78. The van der Waals surface area contributed by atoms with E-state index in [9.17, 15) is 13.2 Å². The molecular weight excluding hydrogens is 326 g/mol. The van der Waals surface area contributed by atoms with Gasteiger partial charge in [-0.2, -0.15) is 0 Å². The van der Waals surface area contributed by atoms with E-state index in [1.54, 1.807) is 4.90 Å². The average Bonchev–Trinajstić information content (AvgIpc) is 2.48. The molecule has 0 radical (unpaired) electrons. The summed E-state index contributed by atoms with van der Waals surface area (Å²) in [5, 5.41) is 0.829. The number of likely N-dealkylation sites (tertiary alicyclic amines) is 1. The number of aromatic nitrogens is 1. The topological polar surface area (TPSA) is 70.6 Å². The minimum Gasteiger partial charge on any atom is -0.363 e. The smallest absolute Gasteiger partial charge is 0.254 e. The summed E-state index contributed by atoms with van der Waals surface area (Å²) in [6, 6.07) is 9.41. The third kappa shape index (κ3) is 2.34. The fraction of sp³-hybridized carbons (Fsp3) is 0.412. The van der Waals surface area contributed by atoms with Gasteiger partial charge in [0.2, 0.25) is 0 Å². The SMILES string of the molecule is CN(C)c1cc(C(=O)N2CC3(C2)CS(=O)(=O)C3)c2ccccc2n1. The zero-order valence-electron chi connectivity index (χ0n) is 13.7. The molecular formula is C17H19N3O3S. The van der Waals surface area contributed by atoms with Crippen molar-refractivity contribution >= 4 is 32.5 Å². The Labute approximate surface area is 141 Å². The van der Waals surface area contributed by atoms with Crippen molar-refractivity contribution in [3.8, 4) is 0 Å². The lowest BCUT2D eigenvalue weighted by Crippen LogP contribution is -2.69. The zero-order valence-corrected chi connectivity index (χ0v) is 14.5. The molecule has 2 aromatic rings. The van der Waals surface area contributed by atoms with Crippen molar-refractivity contribution in [3.05, 3.63) is 35.9 Å². The lowest BCUT2D eigenvalue weighted by atomic mass is 9.82. The van der Waals surface area contributed by atoms with Crippen molar-refractivity contribution in [1.82, 2.24) is 9.88 Å². The van der Waals surface area contributed by atoms with Gasteiger partial charge in [0.15, 0.2) is 9.84 Å². The second-order valence-electron chi connectivity index (χ2n) is 7.13. The fourth-order valence-corrected chi connectivity index (χ4v) is 5.86. The fourth-order valence-electron chi connectivity index (χ4n) is 3.72. The summed E-state index contributed by atoms with van der Waals surface area (Å²) in [6.45, 7) is 1.05. The van der Waals surface area contributed by atoms with Gasteiger partial charge in [-0.25, -0.2) is 13.4 Å². The maximum Gasteiger partial charge on any atom is 0.254 e. The number of benzene rings is 1. The van der Waals surface area contributed by atoms with Gasteiger partial charge in [-0.1, -0.05) is 18.2 Å². The van der Waals surface area contributed by atoms with Crippen LogP contribution in [0.5, 0.6) is 0 Å². The van der Waals surface area contributed by atoms with Gasteiger partial charge in [-0.3, -0.25) is 4.79 Å². The minimum absolute atomic E-state index is 0.0494. The van der Waals surface area contributed by atoms with Crippen molar-refractivity contribution in [2.24, 2.45) is 5.41 Å². The molecule has 0 unspecified atom stereocenters. The molecule has 1 amide bonds. The van der Waals surface area contributed by atoms with Crippen LogP contribution in [-0.4, -0.2) is 62.9 Å². The van der Waals surface area contributed by atoms with Crippen LogP contribution in [0.15, 0.2) is 30.3 Å². The van der Waals surface area contributed by atoms with E-state index < -0.39 is 9.84 Å². The Bertz CT molecular complexity index is 933. The Hall–Kier alpha value is -2.15. The van der Waals surface area contributed by atoms with Gasteiger partial charge < -0.3 is 9.80 Å². The van der Waals surface area contributed by atoms with E-state index in [-0.39, 0.29) is 22.8 Å². The molecule has 2 aliphatic rings. The molecule has 24 heavy (non-hydrogen) atoms. The molecule has 2 fully saturated rings. The van der Waals surface area contributed by atoms with Crippen molar-refractivity contribution in [2.75, 3.05) is 43.6 Å². The van der Waals surface area contributed by atoms with E-state index in [1.165, 1.54) is 0 Å². The lowest BCUT2D eigenvalue weighted by molar-refractivity contribution is 0.0203. The number of rotatable bonds is 2. The predicted octanol–water partition coefficient (Wildman–Crippen LogP) is 1.17. The summed E-state index contributed by atoms with van der Waals surface area (Å²) < 4.78 is 22.8. The molecule has 7 heteroatoms. The molecule has 126 valence electrons. The standard InChI is InChI=1S/C17H19N3O3S/c1-19(2)15-7-13(12-5-3-4-6-14(12)18-15)16(21)20-8-17(9-20)10-24(22,23)11-17/h3-7H,8-11H2,1-2H3. The maximum atomic E-state index is 12.9. The first-order chi connectivity index (χ1) is 11.3. The van der Waals surface area contributed by atoms with Gasteiger partial charge in [-0.05, 0) is 12.1 Å². The summed E-state index contributed by atoms with van der Waals surface area (Å²) in [6.07, 6.45) is 0. The summed E-state index contributed by atoms with van der Waals surface area (Å²) in [5.74, 6) is 1.11.